The molecule has 0 aliphatic carbocycles. The summed E-state index contributed by atoms with van der Waals surface area (Å²) in [6.07, 6.45) is -4.33. The second kappa shape index (κ2) is 5.18. The lowest BCUT2D eigenvalue weighted by atomic mass is 9.84. The predicted molar refractivity (Wildman–Crippen MR) is 61.9 cm³/mol. The number of carbonyl (C=O) groups is 1. The van der Waals surface area contributed by atoms with Gasteiger partial charge in [0.05, 0.1) is 5.41 Å². The van der Waals surface area contributed by atoms with Gasteiger partial charge in [0.15, 0.2) is 6.61 Å². The van der Waals surface area contributed by atoms with E-state index in [1.54, 1.807) is 0 Å². The van der Waals surface area contributed by atoms with Crippen LogP contribution in [0.4, 0.5) is 13.2 Å². The first-order chi connectivity index (χ1) is 8.14. The van der Waals surface area contributed by atoms with Gasteiger partial charge in [-0.05, 0) is 43.1 Å². The first-order valence-electron chi connectivity index (χ1n) is 5.13. The second-order valence-electron chi connectivity index (χ2n) is 4.29. The molecule has 18 heavy (non-hydrogen) atoms. The summed E-state index contributed by atoms with van der Waals surface area (Å²) in [7, 11) is 0. The largest absolute Gasteiger partial charge is 0.484 e. The van der Waals surface area contributed by atoms with Crippen molar-refractivity contribution >= 4 is 16.8 Å². The molecule has 0 amide bonds. The van der Waals surface area contributed by atoms with Gasteiger partial charge in [0.1, 0.15) is 5.75 Å². The van der Waals surface area contributed by atoms with Crippen LogP contribution in [0.25, 0.3) is 0 Å². The number of ether oxygens (including phenoxy) is 1. The molecule has 0 bridgehead atoms. The third kappa shape index (κ3) is 3.38. The number of alkyl halides is 3. The highest BCUT2D eigenvalue weighted by atomic mass is 35.5. The van der Waals surface area contributed by atoms with E-state index >= 15 is 0 Å². The second-order valence-corrected chi connectivity index (χ2v) is 4.71. The van der Waals surface area contributed by atoms with Crippen LogP contribution in [-0.4, -0.2) is 18.0 Å². The summed E-state index contributed by atoms with van der Waals surface area (Å²) in [5.41, 5.74) is -1.81. The molecule has 0 fully saturated rings. The Hall–Kier alpha value is -1.23. The van der Waals surface area contributed by atoms with Crippen molar-refractivity contribution in [1.29, 1.82) is 0 Å². The first kappa shape index (κ1) is 14.8. The maximum atomic E-state index is 12.8. The highest BCUT2D eigenvalue weighted by molar-refractivity contribution is 6.63. The number of hydrogen-bond donors (Lipinski definition) is 0. The van der Waals surface area contributed by atoms with Crippen LogP contribution in [-0.2, 0) is 10.2 Å². The smallest absolute Gasteiger partial charge is 0.397 e. The summed E-state index contributed by atoms with van der Waals surface area (Å²) in [4.78, 5) is 10.5. The molecular formula is C12H12ClF3O2. The lowest BCUT2D eigenvalue weighted by Gasteiger charge is -2.28. The fourth-order valence-corrected chi connectivity index (χ4v) is 1.33. The summed E-state index contributed by atoms with van der Waals surface area (Å²) in [5.74, 6) is 0.297. The molecule has 0 saturated carbocycles. The minimum Gasteiger partial charge on any atom is -0.484 e. The molecule has 2 nitrogen and oxygen atoms in total. The van der Waals surface area contributed by atoms with Gasteiger partial charge in [0.25, 0.3) is 5.24 Å². The zero-order valence-corrected chi connectivity index (χ0v) is 10.6. The van der Waals surface area contributed by atoms with Gasteiger partial charge in [-0.2, -0.15) is 13.2 Å². The van der Waals surface area contributed by atoms with Gasteiger partial charge in [-0.1, -0.05) is 12.1 Å². The Labute approximate surface area is 108 Å². The number of halogens is 4. The third-order valence-electron chi connectivity index (χ3n) is 2.64. The monoisotopic (exact) mass is 280 g/mol. The zero-order valence-electron chi connectivity index (χ0n) is 9.84. The van der Waals surface area contributed by atoms with E-state index in [9.17, 15) is 18.0 Å². The van der Waals surface area contributed by atoms with Crippen molar-refractivity contribution in [1.82, 2.24) is 0 Å². The van der Waals surface area contributed by atoms with Crippen molar-refractivity contribution < 1.29 is 22.7 Å². The zero-order chi connectivity index (χ0) is 14.0. The Balaban J connectivity index is 2.86. The number of carbonyl (C=O) groups excluding carboxylic acids is 1. The molecule has 1 rings (SSSR count). The van der Waals surface area contributed by atoms with Crippen LogP contribution in [0.15, 0.2) is 24.3 Å². The van der Waals surface area contributed by atoms with Gasteiger partial charge in [-0.25, -0.2) is 0 Å². The summed E-state index contributed by atoms with van der Waals surface area (Å²) in [6.45, 7) is 1.89. The molecule has 1 aromatic rings. The molecule has 0 aliphatic rings. The lowest BCUT2D eigenvalue weighted by molar-refractivity contribution is -0.180. The van der Waals surface area contributed by atoms with Crippen LogP contribution < -0.4 is 4.74 Å². The quantitative estimate of drug-likeness (QED) is 0.787. The van der Waals surface area contributed by atoms with Crippen LogP contribution in [0.1, 0.15) is 19.4 Å². The lowest BCUT2D eigenvalue weighted by Crippen LogP contribution is -2.36. The molecular weight excluding hydrogens is 269 g/mol. The Bertz CT molecular complexity index is 424. The maximum Gasteiger partial charge on any atom is 0.397 e. The molecule has 0 radical (unpaired) electrons. The van der Waals surface area contributed by atoms with Gasteiger partial charge in [-0.3, -0.25) is 4.79 Å². The fourth-order valence-electron chi connectivity index (χ4n) is 1.27. The van der Waals surface area contributed by atoms with Crippen molar-refractivity contribution in [2.45, 2.75) is 25.4 Å². The van der Waals surface area contributed by atoms with Crippen LogP contribution >= 0.6 is 11.6 Å². The molecule has 0 atom stereocenters. The summed E-state index contributed by atoms with van der Waals surface area (Å²) < 4.78 is 43.3. The van der Waals surface area contributed by atoms with E-state index in [4.69, 9.17) is 16.3 Å². The van der Waals surface area contributed by atoms with Crippen molar-refractivity contribution in [2.24, 2.45) is 0 Å². The number of rotatable bonds is 4. The maximum absolute atomic E-state index is 12.8. The summed E-state index contributed by atoms with van der Waals surface area (Å²) >= 11 is 5.08. The Morgan fingerprint density at radius 2 is 1.72 bits per heavy atom. The van der Waals surface area contributed by atoms with Crippen molar-refractivity contribution in [3.63, 3.8) is 0 Å². The molecule has 0 aliphatic heterocycles. The molecule has 0 saturated heterocycles. The van der Waals surface area contributed by atoms with Gasteiger partial charge < -0.3 is 4.74 Å². The Kier molecular flexibility index (Phi) is 4.27. The van der Waals surface area contributed by atoms with Crippen LogP contribution in [0.2, 0.25) is 0 Å². The van der Waals surface area contributed by atoms with Gasteiger partial charge in [0.2, 0.25) is 0 Å². The van der Waals surface area contributed by atoms with Crippen molar-refractivity contribution in [2.75, 3.05) is 6.61 Å². The molecule has 1 aromatic carbocycles. The number of benzene rings is 1. The third-order valence-corrected chi connectivity index (χ3v) is 2.75. The van der Waals surface area contributed by atoms with E-state index in [0.29, 0.717) is 5.75 Å². The molecule has 0 heterocycles. The van der Waals surface area contributed by atoms with Gasteiger partial charge in [0, 0.05) is 0 Å². The average molecular weight is 281 g/mol. The van der Waals surface area contributed by atoms with Crippen LogP contribution in [0, 0.1) is 0 Å². The fraction of sp³-hybridized carbons (Fsp3) is 0.417. The van der Waals surface area contributed by atoms with Crippen molar-refractivity contribution in [3.05, 3.63) is 29.8 Å². The van der Waals surface area contributed by atoms with E-state index in [-0.39, 0.29) is 12.2 Å². The van der Waals surface area contributed by atoms with E-state index in [1.165, 1.54) is 24.3 Å². The first-order valence-corrected chi connectivity index (χ1v) is 5.51. The predicted octanol–water partition coefficient (Wildman–Crippen LogP) is 3.67. The Morgan fingerprint density at radius 1 is 1.22 bits per heavy atom. The number of hydrogen-bond acceptors (Lipinski definition) is 2. The standard InChI is InChI=1S/C12H12ClF3O2/c1-11(2,12(14,15)16)8-3-5-9(6-4-8)18-7-10(13)17/h3-6H,7H2,1-2H3. The molecule has 6 heteroatoms. The Morgan fingerprint density at radius 3 is 2.11 bits per heavy atom. The van der Waals surface area contributed by atoms with Gasteiger partial charge in [-0.15, -0.1) is 0 Å². The summed E-state index contributed by atoms with van der Waals surface area (Å²) in [5, 5.41) is -0.672. The van der Waals surface area contributed by atoms with Crippen LogP contribution in [0.3, 0.4) is 0 Å². The summed E-state index contributed by atoms with van der Waals surface area (Å²) in [6, 6.07) is 5.40. The molecule has 0 unspecified atom stereocenters. The van der Waals surface area contributed by atoms with Gasteiger partial charge >= 0.3 is 6.18 Å². The van der Waals surface area contributed by atoms with Crippen molar-refractivity contribution in [3.8, 4) is 5.75 Å². The van der Waals surface area contributed by atoms with E-state index in [0.717, 1.165) is 13.8 Å². The average Bonchev–Trinajstić information content (AvgIpc) is 2.25. The van der Waals surface area contributed by atoms with E-state index < -0.39 is 16.8 Å². The van der Waals surface area contributed by atoms with Crippen LogP contribution in [0.5, 0.6) is 5.75 Å². The van der Waals surface area contributed by atoms with E-state index in [2.05, 4.69) is 0 Å². The normalized spacial score (nSPS) is 12.3. The minimum atomic E-state index is -4.33. The SMILES string of the molecule is CC(C)(c1ccc(OCC(=O)Cl)cc1)C(F)(F)F. The minimum absolute atomic E-state index is 0.125. The highest BCUT2D eigenvalue weighted by Crippen LogP contribution is 2.40. The molecule has 100 valence electrons. The topological polar surface area (TPSA) is 26.3 Å². The molecule has 0 spiro atoms. The highest BCUT2D eigenvalue weighted by Gasteiger charge is 2.48. The molecule has 0 N–H and O–H groups in total. The van der Waals surface area contributed by atoms with E-state index in [1.807, 2.05) is 0 Å². The molecule has 0 aromatic heterocycles.